The maximum Gasteiger partial charge on any atom is 0.295 e. The van der Waals surface area contributed by atoms with Crippen molar-refractivity contribution in [2.24, 2.45) is 0 Å². The average molecular weight is 320 g/mol. The van der Waals surface area contributed by atoms with Gasteiger partial charge in [0.25, 0.3) is 10.0 Å². The Morgan fingerprint density at radius 3 is 2.33 bits per heavy atom. The molecule has 0 bridgehead atoms. The molecule has 0 amide bonds. The van der Waals surface area contributed by atoms with Crippen LogP contribution < -0.4 is 10.0 Å². The van der Waals surface area contributed by atoms with Crippen LogP contribution in [0.15, 0.2) is 33.8 Å². The van der Waals surface area contributed by atoms with Gasteiger partial charge in [0.15, 0.2) is 11.6 Å². The Morgan fingerprint density at radius 2 is 1.76 bits per heavy atom. The maximum absolute atomic E-state index is 13.4. The monoisotopic (exact) mass is 320 g/mol. The first-order valence-corrected chi connectivity index (χ1v) is 7.22. The molecule has 9 heteroatoms. The SMILES string of the molecule is CNCc1ccc(S(=O)(=O)Nc2c(F)cc(F)cc2F)o1. The van der Waals surface area contributed by atoms with E-state index in [-0.39, 0.29) is 6.54 Å². The van der Waals surface area contributed by atoms with Gasteiger partial charge in [0, 0.05) is 12.1 Å². The standard InChI is InChI=1S/C12H11F3N2O3S/c1-16-6-8-2-3-11(20-8)21(18,19)17-12-9(14)4-7(13)5-10(12)15/h2-5,16-17H,6H2,1H3. The molecule has 0 radical (unpaired) electrons. The summed E-state index contributed by atoms with van der Waals surface area (Å²) in [4.78, 5) is 0. The first-order valence-electron chi connectivity index (χ1n) is 5.74. The van der Waals surface area contributed by atoms with Gasteiger partial charge in [-0.05, 0) is 19.2 Å². The third-order valence-electron chi connectivity index (χ3n) is 2.50. The number of rotatable bonds is 5. The van der Waals surface area contributed by atoms with Crippen LogP contribution in [0.3, 0.4) is 0 Å². The van der Waals surface area contributed by atoms with Crippen LogP contribution in [0.25, 0.3) is 0 Å². The summed E-state index contributed by atoms with van der Waals surface area (Å²) in [5, 5.41) is 2.25. The summed E-state index contributed by atoms with van der Waals surface area (Å²) in [6.45, 7) is 0.286. The van der Waals surface area contributed by atoms with Crippen molar-refractivity contribution in [3.63, 3.8) is 0 Å². The fraction of sp³-hybridized carbons (Fsp3) is 0.167. The molecule has 0 unspecified atom stereocenters. The van der Waals surface area contributed by atoms with Crippen LogP contribution in [0.2, 0.25) is 0 Å². The Bertz CT molecular complexity index is 736. The second-order valence-corrected chi connectivity index (χ2v) is 5.71. The van der Waals surface area contributed by atoms with Crippen LogP contribution in [-0.4, -0.2) is 15.5 Å². The highest BCUT2D eigenvalue weighted by molar-refractivity contribution is 7.92. The molecule has 0 aliphatic rings. The molecule has 2 aromatic rings. The molecule has 2 N–H and O–H groups in total. The van der Waals surface area contributed by atoms with Gasteiger partial charge in [0.1, 0.15) is 17.3 Å². The van der Waals surface area contributed by atoms with E-state index in [9.17, 15) is 21.6 Å². The first-order chi connectivity index (χ1) is 9.83. The van der Waals surface area contributed by atoms with Gasteiger partial charge in [-0.1, -0.05) is 0 Å². The van der Waals surface area contributed by atoms with Gasteiger partial charge < -0.3 is 9.73 Å². The van der Waals surface area contributed by atoms with Crippen LogP contribution in [-0.2, 0) is 16.6 Å². The largest absolute Gasteiger partial charge is 0.446 e. The number of furan rings is 1. The summed E-state index contributed by atoms with van der Waals surface area (Å²) < 4.78 is 70.3. The van der Waals surface area contributed by atoms with Crippen LogP contribution >= 0.6 is 0 Å². The zero-order valence-corrected chi connectivity index (χ0v) is 11.6. The third kappa shape index (κ3) is 3.37. The van der Waals surface area contributed by atoms with Gasteiger partial charge in [-0.3, -0.25) is 4.72 Å². The van der Waals surface area contributed by atoms with E-state index in [4.69, 9.17) is 4.42 Å². The van der Waals surface area contributed by atoms with Crippen molar-refractivity contribution in [3.05, 3.63) is 47.5 Å². The third-order valence-corrected chi connectivity index (χ3v) is 3.72. The zero-order valence-electron chi connectivity index (χ0n) is 10.8. The topological polar surface area (TPSA) is 71.3 Å². The van der Waals surface area contributed by atoms with E-state index >= 15 is 0 Å². The number of hydrogen-bond acceptors (Lipinski definition) is 4. The van der Waals surface area contributed by atoms with E-state index in [1.165, 1.54) is 6.07 Å². The van der Waals surface area contributed by atoms with Crippen molar-refractivity contribution in [1.29, 1.82) is 0 Å². The van der Waals surface area contributed by atoms with Gasteiger partial charge in [-0.15, -0.1) is 0 Å². The van der Waals surface area contributed by atoms with E-state index in [1.807, 2.05) is 0 Å². The summed E-state index contributed by atoms with van der Waals surface area (Å²) in [6.07, 6.45) is 0. The van der Waals surface area contributed by atoms with Gasteiger partial charge >= 0.3 is 0 Å². The Labute approximate surface area is 118 Å². The molecule has 0 aliphatic carbocycles. The molecular formula is C12H11F3N2O3S. The van der Waals surface area contributed by atoms with Crippen molar-refractivity contribution in [1.82, 2.24) is 5.32 Å². The van der Waals surface area contributed by atoms with E-state index in [0.717, 1.165) is 6.07 Å². The number of sulfonamides is 1. The number of nitrogens with one attached hydrogen (secondary N) is 2. The molecule has 2 rings (SSSR count). The highest BCUT2D eigenvalue weighted by atomic mass is 32.2. The van der Waals surface area contributed by atoms with Crippen molar-refractivity contribution in [3.8, 4) is 0 Å². The van der Waals surface area contributed by atoms with E-state index in [2.05, 4.69) is 5.32 Å². The molecule has 21 heavy (non-hydrogen) atoms. The van der Waals surface area contributed by atoms with Crippen LogP contribution in [0, 0.1) is 17.5 Å². The van der Waals surface area contributed by atoms with Crippen molar-refractivity contribution < 1.29 is 26.0 Å². The molecule has 0 aliphatic heterocycles. The molecule has 0 atom stereocenters. The van der Waals surface area contributed by atoms with Crippen LogP contribution in [0.1, 0.15) is 5.76 Å². The number of anilines is 1. The molecule has 0 fully saturated rings. The molecule has 0 spiro atoms. The molecule has 0 saturated carbocycles. The smallest absolute Gasteiger partial charge is 0.295 e. The van der Waals surface area contributed by atoms with E-state index in [0.29, 0.717) is 17.9 Å². The minimum absolute atomic E-state index is 0.286. The lowest BCUT2D eigenvalue weighted by Crippen LogP contribution is -2.15. The Kier molecular flexibility index (Phi) is 4.24. The second-order valence-electron chi connectivity index (χ2n) is 4.10. The summed E-state index contributed by atoms with van der Waals surface area (Å²) in [7, 11) is -2.68. The lowest BCUT2D eigenvalue weighted by molar-refractivity contribution is 0.408. The molecular weight excluding hydrogens is 309 g/mol. The number of hydrogen-bond donors (Lipinski definition) is 2. The first kappa shape index (κ1) is 15.4. The normalized spacial score (nSPS) is 11.6. The Morgan fingerprint density at radius 1 is 1.14 bits per heavy atom. The van der Waals surface area contributed by atoms with Crippen molar-refractivity contribution in [2.75, 3.05) is 11.8 Å². The van der Waals surface area contributed by atoms with E-state index < -0.39 is 38.3 Å². The van der Waals surface area contributed by atoms with Crippen molar-refractivity contribution >= 4 is 15.7 Å². The summed E-state index contributed by atoms with van der Waals surface area (Å²) >= 11 is 0. The maximum atomic E-state index is 13.4. The minimum atomic E-state index is -4.32. The Hall–Kier alpha value is -2.00. The molecule has 1 heterocycles. The predicted molar refractivity (Wildman–Crippen MR) is 68.6 cm³/mol. The van der Waals surface area contributed by atoms with Crippen LogP contribution in [0.4, 0.5) is 18.9 Å². The quantitative estimate of drug-likeness (QED) is 0.886. The van der Waals surface area contributed by atoms with Gasteiger partial charge in [0.2, 0.25) is 5.09 Å². The molecule has 1 aromatic heterocycles. The fourth-order valence-corrected chi connectivity index (χ4v) is 2.62. The van der Waals surface area contributed by atoms with Gasteiger partial charge in [-0.25, -0.2) is 13.2 Å². The number of benzene rings is 1. The van der Waals surface area contributed by atoms with E-state index in [1.54, 1.807) is 11.8 Å². The Balaban J connectivity index is 2.33. The van der Waals surface area contributed by atoms with Crippen molar-refractivity contribution in [2.45, 2.75) is 11.6 Å². The predicted octanol–water partition coefficient (Wildman–Crippen LogP) is 2.22. The summed E-state index contributed by atoms with van der Waals surface area (Å²) in [5.74, 6) is -3.55. The fourth-order valence-electron chi connectivity index (χ4n) is 1.60. The van der Waals surface area contributed by atoms with Gasteiger partial charge in [0.05, 0.1) is 6.54 Å². The molecule has 0 saturated heterocycles. The average Bonchev–Trinajstić information content (AvgIpc) is 2.84. The lowest BCUT2D eigenvalue weighted by Gasteiger charge is -2.08. The zero-order chi connectivity index (χ0) is 15.6. The number of halogens is 3. The lowest BCUT2D eigenvalue weighted by atomic mass is 10.3. The highest BCUT2D eigenvalue weighted by Crippen LogP contribution is 2.24. The van der Waals surface area contributed by atoms with Crippen LogP contribution in [0.5, 0.6) is 0 Å². The summed E-state index contributed by atoms with van der Waals surface area (Å²) in [6, 6.07) is 3.29. The molecule has 1 aromatic carbocycles. The van der Waals surface area contributed by atoms with Gasteiger partial charge in [-0.2, -0.15) is 8.42 Å². The second kappa shape index (κ2) is 5.78. The molecule has 114 valence electrons. The minimum Gasteiger partial charge on any atom is -0.446 e. The molecule has 5 nitrogen and oxygen atoms in total. The highest BCUT2D eigenvalue weighted by Gasteiger charge is 2.23. The summed E-state index contributed by atoms with van der Waals surface area (Å²) in [5.41, 5.74) is -0.969.